The maximum atomic E-state index is 3.78. The number of rotatable bonds is 5. The molecule has 0 bridgehead atoms. The van der Waals surface area contributed by atoms with Gasteiger partial charge in [-0.3, -0.25) is 0 Å². The van der Waals surface area contributed by atoms with Crippen molar-refractivity contribution in [2.24, 2.45) is 0 Å². The molecular formula is C18H22S. The van der Waals surface area contributed by atoms with Crippen LogP contribution < -0.4 is 0 Å². The van der Waals surface area contributed by atoms with Crippen LogP contribution in [0.25, 0.3) is 0 Å². The lowest BCUT2D eigenvalue weighted by Crippen LogP contribution is -2.17. The smallest absolute Gasteiger partial charge is 0.0245 e. The Hall–Kier alpha value is -1.39. The number of hydrogen-bond acceptors (Lipinski definition) is 1. The van der Waals surface area contributed by atoms with E-state index in [0.717, 1.165) is 12.0 Å². The molecule has 0 aliphatic carbocycles. The molecule has 100 valence electrons. The van der Waals surface area contributed by atoms with E-state index in [2.05, 4.69) is 68.9 Å². The highest BCUT2D eigenvalue weighted by atomic mass is 32.2. The van der Waals surface area contributed by atoms with Gasteiger partial charge in [0.05, 0.1) is 0 Å². The molecule has 0 radical (unpaired) electrons. The average Bonchev–Trinajstić information content (AvgIpc) is 2.39. The first-order chi connectivity index (χ1) is 9.03. The molecule has 0 saturated carbocycles. The van der Waals surface area contributed by atoms with Gasteiger partial charge >= 0.3 is 0 Å². The standard InChI is InChI=1S/C18H22S/c1-6-8-15-10-12-16(13-11-15)18(3,4)14-17(19-5)9-7-2/h7,9-13H,2,14H2,1,3-5H3/b17-9-. The minimum Gasteiger partial charge on any atom is -0.134 e. The Kier molecular flexibility index (Phi) is 5.99. The van der Waals surface area contributed by atoms with E-state index in [4.69, 9.17) is 0 Å². The second-order valence-electron chi connectivity index (χ2n) is 5.09. The molecule has 0 amide bonds. The zero-order valence-electron chi connectivity index (χ0n) is 12.3. The SMILES string of the molecule is C=C/C=C(/CC(C)(C)c1ccc(C#CC)cc1)SC. The molecule has 1 heteroatoms. The predicted octanol–water partition coefficient (Wildman–Crippen LogP) is 5.16. The Morgan fingerprint density at radius 1 is 1.32 bits per heavy atom. The van der Waals surface area contributed by atoms with Crippen LogP contribution in [0.5, 0.6) is 0 Å². The van der Waals surface area contributed by atoms with Crippen molar-refractivity contribution in [1.82, 2.24) is 0 Å². The molecule has 1 aromatic rings. The Labute approximate surface area is 122 Å². The number of allylic oxidation sites excluding steroid dienone is 3. The van der Waals surface area contributed by atoms with E-state index in [0.29, 0.717) is 0 Å². The maximum Gasteiger partial charge on any atom is 0.0245 e. The molecule has 0 atom stereocenters. The quantitative estimate of drug-likeness (QED) is 0.526. The average molecular weight is 270 g/mol. The van der Waals surface area contributed by atoms with Gasteiger partial charge in [0.15, 0.2) is 0 Å². The topological polar surface area (TPSA) is 0 Å². The first-order valence-corrected chi connectivity index (χ1v) is 7.65. The van der Waals surface area contributed by atoms with Gasteiger partial charge < -0.3 is 0 Å². The van der Waals surface area contributed by atoms with Gasteiger partial charge in [0, 0.05) is 5.56 Å². The van der Waals surface area contributed by atoms with Crippen LogP contribution in [0.4, 0.5) is 0 Å². The van der Waals surface area contributed by atoms with E-state index >= 15 is 0 Å². The Morgan fingerprint density at radius 3 is 2.42 bits per heavy atom. The molecule has 0 fully saturated rings. The maximum absolute atomic E-state index is 3.78. The fraction of sp³-hybridized carbons (Fsp3) is 0.333. The van der Waals surface area contributed by atoms with Crippen molar-refractivity contribution in [2.75, 3.05) is 6.26 Å². The third-order valence-electron chi connectivity index (χ3n) is 3.12. The van der Waals surface area contributed by atoms with E-state index < -0.39 is 0 Å². The van der Waals surface area contributed by atoms with Crippen LogP contribution in [-0.2, 0) is 5.41 Å². The third kappa shape index (κ3) is 4.65. The highest BCUT2D eigenvalue weighted by Crippen LogP contribution is 2.33. The summed E-state index contributed by atoms with van der Waals surface area (Å²) in [6.07, 6.45) is 7.11. The van der Waals surface area contributed by atoms with Crippen molar-refractivity contribution in [1.29, 1.82) is 0 Å². The summed E-state index contributed by atoms with van der Waals surface area (Å²) in [5, 5.41) is 0. The van der Waals surface area contributed by atoms with Crippen molar-refractivity contribution in [3.8, 4) is 11.8 Å². The van der Waals surface area contributed by atoms with Crippen molar-refractivity contribution in [3.63, 3.8) is 0 Å². The van der Waals surface area contributed by atoms with E-state index in [1.807, 2.05) is 13.0 Å². The zero-order valence-corrected chi connectivity index (χ0v) is 13.1. The minimum atomic E-state index is 0.121. The number of benzene rings is 1. The fourth-order valence-corrected chi connectivity index (χ4v) is 2.75. The lowest BCUT2D eigenvalue weighted by atomic mass is 9.81. The normalized spacial score (nSPS) is 11.7. The van der Waals surface area contributed by atoms with Gasteiger partial charge in [0.1, 0.15) is 0 Å². The minimum absolute atomic E-state index is 0.121. The van der Waals surface area contributed by atoms with E-state index in [9.17, 15) is 0 Å². The van der Waals surface area contributed by atoms with Gasteiger partial charge in [-0.15, -0.1) is 17.7 Å². The van der Waals surface area contributed by atoms with Crippen molar-refractivity contribution in [2.45, 2.75) is 32.6 Å². The summed E-state index contributed by atoms with van der Waals surface area (Å²) >= 11 is 1.79. The Bertz CT molecular complexity index is 507. The Balaban J connectivity index is 2.94. The molecule has 0 N–H and O–H groups in total. The lowest BCUT2D eigenvalue weighted by Gasteiger charge is -2.26. The molecule has 1 aromatic carbocycles. The lowest BCUT2D eigenvalue weighted by molar-refractivity contribution is 0.530. The van der Waals surface area contributed by atoms with Gasteiger partial charge in [-0.2, -0.15) is 0 Å². The van der Waals surface area contributed by atoms with Crippen molar-refractivity contribution < 1.29 is 0 Å². The zero-order chi connectivity index (χ0) is 14.3. The van der Waals surface area contributed by atoms with Crippen LogP contribution in [-0.4, -0.2) is 6.26 Å². The van der Waals surface area contributed by atoms with Gasteiger partial charge in [-0.05, 0) is 47.6 Å². The molecule has 1 rings (SSSR count). The van der Waals surface area contributed by atoms with Crippen LogP contribution in [0.2, 0.25) is 0 Å². The molecule has 0 aliphatic heterocycles. The molecule has 0 spiro atoms. The second kappa shape index (κ2) is 7.26. The highest BCUT2D eigenvalue weighted by Gasteiger charge is 2.21. The van der Waals surface area contributed by atoms with Gasteiger partial charge in [0.25, 0.3) is 0 Å². The van der Waals surface area contributed by atoms with Crippen LogP contribution >= 0.6 is 11.8 Å². The van der Waals surface area contributed by atoms with Gasteiger partial charge in [-0.1, -0.05) is 50.6 Å². The van der Waals surface area contributed by atoms with E-state index in [1.54, 1.807) is 11.8 Å². The first kappa shape index (κ1) is 15.7. The van der Waals surface area contributed by atoms with Crippen LogP contribution in [0, 0.1) is 11.8 Å². The molecule has 0 nitrogen and oxygen atoms in total. The summed E-state index contributed by atoms with van der Waals surface area (Å²) in [7, 11) is 0. The molecule has 0 aromatic heterocycles. The van der Waals surface area contributed by atoms with E-state index in [1.165, 1.54) is 10.5 Å². The fourth-order valence-electron chi connectivity index (χ4n) is 2.02. The highest BCUT2D eigenvalue weighted by molar-refractivity contribution is 8.02. The summed E-state index contributed by atoms with van der Waals surface area (Å²) in [6.45, 7) is 10.2. The summed E-state index contributed by atoms with van der Waals surface area (Å²) in [5.74, 6) is 6.01. The van der Waals surface area contributed by atoms with Crippen LogP contribution in [0.3, 0.4) is 0 Å². The number of thioether (sulfide) groups is 1. The second-order valence-corrected chi connectivity index (χ2v) is 6.02. The Morgan fingerprint density at radius 2 is 1.95 bits per heavy atom. The van der Waals surface area contributed by atoms with Gasteiger partial charge in [0.2, 0.25) is 0 Å². The third-order valence-corrected chi connectivity index (χ3v) is 3.92. The van der Waals surface area contributed by atoms with Gasteiger partial charge in [-0.25, -0.2) is 0 Å². The molecule has 0 aliphatic rings. The largest absolute Gasteiger partial charge is 0.134 e. The molecule has 0 heterocycles. The first-order valence-electron chi connectivity index (χ1n) is 6.42. The van der Waals surface area contributed by atoms with Crippen molar-refractivity contribution >= 4 is 11.8 Å². The van der Waals surface area contributed by atoms with Crippen molar-refractivity contribution in [3.05, 3.63) is 59.0 Å². The summed E-state index contributed by atoms with van der Waals surface area (Å²) < 4.78 is 0. The molecule has 0 unspecified atom stereocenters. The van der Waals surface area contributed by atoms with Crippen LogP contribution in [0.1, 0.15) is 38.3 Å². The van der Waals surface area contributed by atoms with E-state index in [-0.39, 0.29) is 5.41 Å². The summed E-state index contributed by atoms with van der Waals surface area (Å²) in [4.78, 5) is 1.36. The monoisotopic (exact) mass is 270 g/mol. The summed E-state index contributed by atoms with van der Waals surface area (Å²) in [6, 6.07) is 8.57. The van der Waals surface area contributed by atoms with Crippen LogP contribution in [0.15, 0.2) is 47.9 Å². The summed E-state index contributed by atoms with van der Waals surface area (Å²) in [5.41, 5.74) is 2.54. The number of hydrogen-bond donors (Lipinski definition) is 0. The predicted molar refractivity (Wildman–Crippen MR) is 88.4 cm³/mol. The molecule has 19 heavy (non-hydrogen) atoms. The molecular weight excluding hydrogens is 248 g/mol. The molecule has 0 saturated heterocycles.